The van der Waals surface area contributed by atoms with Gasteiger partial charge in [-0.25, -0.2) is 0 Å². The molecule has 0 aliphatic carbocycles. The topological polar surface area (TPSA) is 52.6 Å². The molecule has 0 aromatic rings. The predicted molar refractivity (Wildman–Crippen MR) is 149 cm³/mol. The summed E-state index contributed by atoms with van der Waals surface area (Å²) in [5.41, 5.74) is 0. The maximum atomic E-state index is 11.5. The maximum absolute atomic E-state index is 11.5. The van der Waals surface area contributed by atoms with Gasteiger partial charge in [-0.15, -0.1) is 11.5 Å². The van der Waals surface area contributed by atoms with Crippen molar-refractivity contribution in [3.8, 4) is 0 Å². The second-order valence-corrected chi connectivity index (χ2v) is 11.2. The molecule has 0 aliphatic rings. The van der Waals surface area contributed by atoms with Gasteiger partial charge >= 0.3 is 11.9 Å². The second kappa shape index (κ2) is 26.9. The van der Waals surface area contributed by atoms with E-state index in [1.165, 1.54) is 122 Å². The van der Waals surface area contributed by atoms with Crippen molar-refractivity contribution in [1.82, 2.24) is 0 Å². The van der Waals surface area contributed by atoms with Gasteiger partial charge in [0, 0.05) is 12.8 Å². The van der Waals surface area contributed by atoms with Crippen molar-refractivity contribution < 1.29 is 18.0 Å². The summed E-state index contributed by atoms with van der Waals surface area (Å²) < 4.78 is 10.6. The predicted octanol–water partition coefficient (Wildman–Crippen LogP) is 9.94. The van der Waals surface area contributed by atoms with Crippen LogP contribution < -0.4 is 0 Å². The second-order valence-electron chi connectivity index (χ2n) is 9.76. The van der Waals surface area contributed by atoms with E-state index in [1.54, 1.807) is 13.8 Å². The molecule has 0 amide bonds. The Kier molecular flexibility index (Phi) is 26.3. The molecule has 0 spiro atoms. The molecular weight excluding hydrogens is 444 g/mol. The molecule has 4 nitrogen and oxygen atoms in total. The summed E-state index contributed by atoms with van der Waals surface area (Å²) in [6.45, 7) is 5.81. The van der Waals surface area contributed by atoms with Crippen molar-refractivity contribution in [2.75, 3.05) is 5.75 Å². The van der Waals surface area contributed by atoms with E-state index < -0.39 is 11.5 Å². The highest BCUT2D eigenvalue weighted by Crippen LogP contribution is 2.31. The van der Waals surface area contributed by atoms with Gasteiger partial charge < -0.3 is 8.37 Å². The van der Waals surface area contributed by atoms with Crippen molar-refractivity contribution >= 4 is 23.4 Å². The number of rotatable bonds is 26. The van der Waals surface area contributed by atoms with E-state index in [0.717, 1.165) is 12.8 Å². The highest BCUT2D eigenvalue weighted by molar-refractivity contribution is 8.09. The number of unbranched alkanes of at least 4 members (excludes halogenated alkanes) is 20. The van der Waals surface area contributed by atoms with Crippen LogP contribution in [-0.4, -0.2) is 17.7 Å². The van der Waals surface area contributed by atoms with Crippen LogP contribution in [0.2, 0.25) is 0 Å². The van der Waals surface area contributed by atoms with Gasteiger partial charge in [0.15, 0.2) is 0 Å². The van der Waals surface area contributed by atoms with E-state index in [1.807, 2.05) is 0 Å². The first kappa shape index (κ1) is 33.3. The molecule has 0 bridgehead atoms. The Labute approximate surface area is 215 Å². The molecule has 0 atom stereocenters. The normalized spacial score (nSPS) is 11.4. The molecule has 34 heavy (non-hydrogen) atoms. The Morgan fingerprint density at radius 3 is 0.971 bits per heavy atom. The molecule has 0 saturated heterocycles. The SMILES string of the molecule is CCCCCCCCCCCCCCCCCCCCCCC[SH](OC(=O)CC)OC(=O)CC. The largest absolute Gasteiger partial charge is 0.347 e. The van der Waals surface area contributed by atoms with Gasteiger partial charge in [-0.05, 0) is 6.42 Å². The highest BCUT2D eigenvalue weighted by atomic mass is 32.2. The van der Waals surface area contributed by atoms with Gasteiger partial charge in [0.1, 0.15) is 0 Å². The van der Waals surface area contributed by atoms with Gasteiger partial charge in [0.05, 0.1) is 5.75 Å². The Balaban J connectivity index is 3.36. The van der Waals surface area contributed by atoms with E-state index in [9.17, 15) is 9.59 Å². The first-order valence-electron chi connectivity index (χ1n) is 14.8. The number of carbonyl (C=O) groups excluding carboxylic acids is 2. The summed E-state index contributed by atoms with van der Waals surface area (Å²) in [4.78, 5) is 23.0. The van der Waals surface area contributed by atoms with Crippen molar-refractivity contribution in [3.05, 3.63) is 0 Å². The molecule has 0 unspecified atom stereocenters. The standard InChI is InChI=1S/C29H58O4S/c1-4-7-8-9-10-11-12-13-14-15-16-17-18-19-20-21-22-23-24-25-26-27-34(32-28(30)5-2)33-29(31)6-3/h34H,4-27H2,1-3H3. The highest BCUT2D eigenvalue weighted by Gasteiger charge is 2.11. The molecule has 5 heteroatoms. The molecule has 0 rings (SSSR count). The van der Waals surface area contributed by atoms with Crippen LogP contribution in [0.1, 0.15) is 168 Å². The van der Waals surface area contributed by atoms with Crippen LogP contribution in [0.4, 0.5) is 0 Å². The lowest BCUT2D eigenvalue weighted by atomic mass is 10.0. The van der Waals surface area contributed by atoms with E-state index in [2.05, 4.69) is 6.92 Å². The third-order valence-corrected chi connectivity index (χ3v) is 7.92. The molecule has 204 valence electrons. The number of carbonyl (C=O) groups is 2. The van der Waals surface area contributed by atoms with Crippen molar-refractivity contribution in [3.63, 3.8) is 0 Å². The zero-order chi connectivity index (χ0) is 25.1. The first-order valence-corrected chi connectivity index (χ1v) is 16.2. The van der Waals surface area contributed by atoms with Crippen LogP contribution in [0.25, 0.3) is 0 Å². The van der Waals surface area contributed by atoms with Crippen molar-refractivity contribution in [2.24, 2.45) is 0 Å². The Bertz CT molecular complexity index is 437. The van der Waals surface area contributed by atoms with E-state index in [-0.39, 0.29) is 11.9 Å². The van der Waals surface area contributed by atoms with Gasteiger partial charge in [-0.1, -0.05) is 149 Å². The summed E-state index contributed by atoms with van der Waals surface area (Å²) >= 11 is -1.40. The fraction of sp³-hybridized carbons (Fsp3) is 0.931. The minimum atomic E-state index is -1.40. The third-order valence-electron chi connectivity index (χ3n) is 6.43. The Hall–Kier alpha value is -0.710. The summed E-state index contributed by atoms with van der Waals surface area (Å²) in [5.74, 6) is 0.114. The lowest BCUT2D eigenvalue weighted by Gasteiger charge is -2.24. The zero-order valence-corrected chi connectivity index (χ0v) is 23.9. The van der Waals surface area contributed by atoms with Crippen LogP contribution in [-0.2, 0) is 18.0 Å². The third kappa shape index (κ3) is 24.4. The first-order chi connectivity index (χ1) is 16.6. The van der Waals surface area contributed by atoms with Crippen molar-refractivity contribution in [1.29, 1.82) is 0 Å². The summed E-state index contributed by atoms with van der Waals surface area (Å²) in [6, 6.07) is 0. The number of thiol groups is 1. The van der Waals surface area contributed by atoms with Crippen LogP contribution in [0.3, 0.4) is 0 Å². The molecule has 0 aromatic heterocycles. The van der Waals surface area contributed by atoms with Crippen LogP contribution in [0, 0.1) is 0 Å². The molecule has 0 aromatic carbocycles. The average Bonchev–Trinajstić information content (AvgIpc) is 2.84. The van der Waals surface area contributed by atoms with Crippen LogP contribution in [0.15, 0.2) is 0 Å². The molecule has 0 saturated carbocycles. The van der Waals surface area contributed by atoms with E-state index >= 15 is 0 Å². The summed E-state index contributed by atoms with van der Waals surface area (Å²) in [6.07, 6.45) is 29.3. The van der Waals surface area contributed by atoms with E-state index in [0.29, 0.717) is 18.6 Å². The van der Waals surface area contributed by atoms with Crippen LogP contribution >= 0.6 is 11.5 Å². The monoisotopic (exact) mass is 502 g/mol. The lowest BCUT2D eigenvalue weighted by molar-refractivity contribution is -0.136. The molecule has 0 fully saturated rings. The molecule has 0 aliphatic heterocycles. The molecule has 0 N–H and O–H groups in total. The number of hydrogen-bond acceptors (Lipinski definition) is 4. The maximum Gasteiger partial charge on any atom is 0.328 e. The van der Waals surface area contributed by atoms with Gasteiger partial charge in [-0.2, -0.15) is 0 Å². The minimum absolute atomic E-state index is 0.279. The Morgan fingerprint density at radius 1 is 0.441 bits per heavy atom. The zero-order valence-electron chi connectivity index (χ0n) is 23.1. The summed E-state index contributed by atoms with van der Waals surface area (Å²) in [5, 5.41) is 0. The van der Waals surface area contributed by atoms with Crippen molar-refractivity contribution in [2.45, 2.75) is 168 Å². The smallest absolute Gasteiger partial charge is 0.328 e. The van der Waals surface area contributed by atoms with Crippen LogP contribution in [0.5, 0.6) is 0 Å². The number of hydrogen-bond donors (Lipinski definition) is 1. The Morgan fingerprint density at radius 2 is 0.706 bits per heavy atom. The van der Waals surface area contributed by atoms with E-state index in [4.69, 9.17) is 8.37 Å². The fourth-order valence-electron chi connectivity index (χ4n) is 4.14. The molecule has 0 radical (unpaired) electrons. The molecule has 0 heterocycles. The van der Waals surface area contributed by atoms with Gasteiger partial charge in [0.2, 0.25) is 0 Å². The molecular formula is C29H58O4S. The summed E-state index contributed by atoms with van der Waals surface area (Å²) in [7, 11) is 0. The minimum Gasteiger partial charge on any atom is -0.347 e. The average molecular weight is 503 g/mol. The van der Waals surface area contributed by atoms with Gasteiger partial charge in [0.25, 0.3) is 0 Å². The van der Waals surface area contributed by atoms with Gasteiger partial charge in [-0.3, -0.25) is 9.59 Å². The fourth-order valence-corrected chi connectivity index (χ4v) is 5.55. The quantitative estimate of drug-likeness (QED) is 0.0944. The lowest BCUT2D eigenvalue weighted by Crippen LogP contribution is -2.09.